The minimum absolute atomic E-state index is 0. The molecule has 0 unspecified atom stereocenters. The van der Waals surface area contributed by atoms with Crippen LogP contribution in [0.5, 0.6) is 0 Å². The molecule has 34 heavy (non-hydrogen) atoms. The van der Waals surface area contributed by atoms with Crippen molar-refractivity contribution >= 4 is 36.1 Å². The van der Waals surface area contributed by atoms with E-state index in [0.717, 1.165) is 34.9 Å². The van der Waals surface area contributed by atoms with Crippen LogP contribution in [0.4, 0.5) is 0 Å². The molecule has 0 amide bonds. The first-order valence-electron chi connectivity index (χ1n) is 9.69. The molecule has 0 saturated heterocycles. The largest absolute Gasteiger partial charge is 3.00 e. The first-order valence-corrected chi connectivity index (χ1v) is 9.69. The summed E-state index contributed by atoms with van der Waals surface area (Å²) in [7, 11) is 0. The van der Waals surface area contributed by atoms with Crippen LogP contribution in [0.15, 0.2) is 109 Å². The molecule has 0 aliphatic rings. The van der Waals surface area contributed by atoms with Crippen LogP contribution in [0.25, 0.3) is 18.2 Å². The first-order chi connectivity index (χ1) is 15.9. The number of carboxylic acid groups (broad SMARTS) is 3. The number of rotatable bonds is 6. The van der Waals surface area contributed by atoms with Gasteiger partial charge in [0.25, 0.3) is 0 Å². The Kier molecular flexibility index (Phi) is 17.6. The maximum absolute atomic E-state index is 9.97. The zero-order valence-electron chi connectivity index (χ0n) is 18.0. The molecule has 172 valence electrons. The number of benzene rings is 3. The van der Waals surface area contributed by atoms with Gasteiger partial charge in [-0.2, -0.15) is 0 Å². The SMILES string of the molecule is O=C([O-])/C=C/c1ccccc1.O=C([O-])/C=C/c1ccccc1.O=C([O-])/C=C/c1ccccc1.[Eu+3]. The second-order valence-corrected chi connectivity index (χ2v) is 6.19. The van der Waals surface area contributed by atoms with E-state index in [9.17, 15) is 29.7 Å². The second-order valence-electron chi connectivity index (χ2n) is 6.19. The van der Waals surface area contributed by atoms with Crippen LogP contribution in [0.2, 0.25) is 0 Å². The van der Waals surface area contributed by atoms with Crippen molar-refractivity contribution in [1.82, 2.24) is 0 Å². The molecule has 0 radical (unpaired) electrons. The van der Waals surface area contributed by atoms with E-state index in [1.165, 1.54) is 18.2 Å². The van der Waals surface area contributed by atoms with E-state index in [1.807, 2.05) is 91.0 Å². The van der Waals surface area contributed by atoms with Gasteiger partial charge in [-0.25, -0.2) is 0 Å². The van der Waals surface area contributed by atoms with Crippen molar-refractivity contribution in [3.63, 3.8) is 0 Å². The van der Waals surface area contributed by atoms with Gasteiger partial charge in [0.2, 0.25) is 0 Å². The predicted octanol–water partition coefficient (Wildman–Crippen LogP) is 1.35. The fourth-order valence-electron chi connectivity index (χ4n) is 2.19. The molecule has 6 nitrogen and oxygen atoms in total. The Balaban J connectivity index is 0.000000473. The second kappa shape index (κ2) is 19.4. The van der Waals surface area contributed by atoms with E-state index in [0.29, 0.717) is 0 Å². The number of hydrogen-bond acceptors (Lipinski definition) is 6. The van der Waals surface area contributed by atoms with Crippen LogP contribution >= 0.6 is 0 Å². The molecule has 0 aliphatic carbocycles. The van der Waals surface area contributed by atoms with Crippen LogP contribution in [0.1, 0.15) is 16.7 Å². The third-order valence-electron chi connectivity index (χ3n) is 3.63. The molecule has 0 aromatic heterocycles. The molecule has 3 rings (SSSR count). The van der Waals surface area contributed by atoms with Crippen molar-refractivity contribution in [3.05, 3.63) is 126 Å². The standard InChI is InChI=1S/3C9H8O2.Eu/c3*10-9(11)7-6-8-4-2-1-3-5-8;/h3*1-7H,(H,10,11);/q;;;+3/p-3/b3*7-6+;. The summed E-state index contributed by atoms with van der Waals surface area (Å²) < 4.78 is 0. The number of aliphatic carboxylic acids is 3. The van der Waals surface area contributed by atoms with E-state index >= 15 is 0 Å². The van der Waals surface area contributed by atoms with E-state index in [-0.39, 0.29) is 49.4 Å². The Bertz CT molecular complexity index is 934. The van der Waals surface area contributed by atoms with Gasteiger partial charge in [-0.3, -0.25) is 0 Å². The summed E-state index contributed by atoms with van der Waals surface area (Å²) >= 11 is 0. The van der Waals surface area contributed by atoms with Gasteiger partial charge in [-0.05, 0) is 34.9 Å². The van der Waals surface area contributed by atoms with Crippen molar-refractivity contribution in [1.29, 1.82) is 0 Å². The van der Waals surface area contributed by atoms with Gasteiger partial charge in [0.15, 0.2) is 0 Å². The molecular formula is C27H21EuO6. The molecule has 0 bridgehead atoms. The van der Waals surface area contributed by atoms with Gasteiger partial charge in [-0.15, -0.1) is 0 Å². The van der Waals surface area contributed by atoms with Crippen molar-refractivity contribution in [3.8, 4) is 0 Å². The predicted molar refractivity (Wildman–Crippen MR) is 121 cm³/mol. The number of carbonyl (C=O) groups excluding carboxylic acids is 3. The van der Waals surface area contributed by atoms with Crippen LogP contribution < -0.4 is 15.3 Å². The summed E-state index contributed by atoms with van der Waals surface area (Å²) in [6, 6.07) is 27.6. The summed E-state index contributed by atoms with van der Waals surface area (Å²) in [5, 5.41) is 29.9. The van der Waals surface area contributed by atoms with E-state index in [4.69, 9.17) is 0 Å². The molecule has 0 aliphatic heterocycles. The van der Waals surface area contributed by atoms with Gasteiger partial charge >= 0.3 is 49.4 Å². The van der Waals surface area contributed by atoms with Crippen molar-refractivity contribution in [2.24, 2.45) is 0 Å². The molecule has 0 fully saturated rings. The third-order valence-corrected chi connectivity index (χ3v) is 3.63. The normalized spacial score (nSPS) is 9.88. The Morgan fingerprint density at radius 1 is 0.441 bits per heavy atom. The van der Waals surface area contributed by atoms with Gasteiger partial charge in [0.1, 0.15) is 0 Å². The third kappa shape index (κ3) is 17.4. The van der Waals surface area contributed by atoms with Gasteiger partial charge < -0.3 is 29.7 Å². The quantitative estimate of drug-likeness (QED) is 0.398. The average molecular weight is 593 g/mol. The van der Waals surface area contributed by atoms with Crippen molar-refractivity contribution in [2.75, 3.05) is 0 Å². The molecule has 0 heterocycles. The smallest absolute Gasteiger partial charge is 0.545 e. The maximum Gasteiger partial charge on any atom is 3.00 e. The monoisotopic (exact) mass is 594 g/mol. The van der Waals surface area contributed by atoms with E-state index in [1.54, 1.807) is 0 Å². The van der Waals surface area contributed by atoms with E-state index in [2.05, 4.69) is 0 Å². The summed E-state index contributed by atoms with van der Waals surface area (Å²) in [5.74, 6) is -3.52. The van der Waals surface area contributed by atoms with Gasteiger partial charge in [-0.1, -0.05) is 109 Å². The molecule has 0 atom stereocenters. The van der Waals surface area contributed by atoms with Gasteiger partial charge in [0.05, 0.1) is 17.9 Å². The first kappa shape index (κ1) is 30.9. The molecule has 7 heteroatoms. The average Bonchev–Trinajstić information content (AvgIpc) is 2.83. The van der Waals surface area contributed by atoms with Gasteiger partial charge in [0, 0.05) is 0 Å². The molecule has 0 spiro atoms. The minimum Gasteiger partial charge on any atom is -0.545 e. The Morgan fingerprint density at radius 3 is 0.824 bits per heavy atom. The minimum atomic E-state index is -1.17. The van der Waals surface area contributed by atoms with Crippen LogP contribution in [0.3, 0.4) is 0 Å². The van der Waals surface area contributed by atoms with Crippen molar-refractivity contribution in [2.45, 2.75) is 0 Å². The van der Waals surface area contributed by atoms with Crippen LogP contribution in [-0.4, -0.2) is 17.9 Å². The topological polar surface area (TPSA) is 120 Å². The zero-order valence-corrected chi connectivity index (χ0v) is 20.4. The summed E-state index contributed by atoms with van der Waals surface area (Å²) in [5.41, 5.74) is 2.57. The van der Waals surface area contributed by atoms with Crippen LogP contribution in [-0.2, 0) is 14.4 Å². The molecular weight excluding hydrogens is 572 g/mol. The maximum atomic E-state index is 9.97. The summed E-state index contributed by atoms with van der Waals surface area (Å²) in [4.78, 5) is 29.9. The van der Waals surface area contributed by atoms with Crippen LogP contribution in [0, 0.1) is 49.4 Å². The number of carbonyl (C=O) groups is 3. The Hall–Kier alpha value is -3.13. The summed E-state index contributed by atoms with van der Waals surface area (Å²) in [6.07, 6.45) is 7.51. The number of hydrogen-bond donors (Lipinski definition) is 0. The Labute approximate surface area is 239 Å². The fraction of sp³-hybridized carbons (Fsp3) is 0. The Morgan fingerprint density at radius 2 is 0.647 bits per heavy atom. The molecule has 0 saturated carbocycles. The zero-order chi connectivity index (χ0) is 24.3. The number of carboxylic acids is 3. The molecule has 3 aromatic carbocycles. The molecule has 0 N–H and O–H groups in total. The summed E-state index contributed by atoms with van der Waals surface area (Å²) in [6.45, 7) is 0. The molecule has 3 aromatic rings. The van der Waals surface area contributed by atoms with E-state index < -0.39 is 17.9 Å². The fourth-order valence-corrected chi connectivity index (χ4v) is 2.19. The van der Waals surface area contributed by atoms with Crippen molar-refractivity contribution < 1.29 is 79.1 Å².